The third-order valence-corrected chi connectivity index (χ3v) is 5.58. The van der Waals surface area contributed by atoms with E-state index in [1.807, 2.05) is 13.0 Å². The Morgan fingerprint density at radius 3 is 2.60 bits per heavy atom. The molecule has 1 fully saturated rings. The van der Waals surface area contributed by atoms with Crippen LogP contribution in [0.25, 0.3) is 11.4 Å². The zero-order valence-electron chi connectivity index (χ0n) is 16.7. The lowest BCUT2D eigenvalue weighted by Crippen LogP contribution is -2.43. The summed E-state index contributed by atoms with van der Waals surface area (Å²) < 4.78 is 4.99. The number of likely N-dealkylation sites (tertiary alicyclic amines) is 1. The quantitative estimate of drug-likeness (QED) is 0.676. The summed E-state index contributed by atoms with van der Waals surface area (Å²) in [7, 11) is 0. The van der Waals surface area contributed by atoms with Crippen molar-refractivity contribution in [3.8, 4) is 11.4 Å². The first kappa shape index (κ1) is 20.1. The number of hydrogen-bond donors (Lipinski definition) is 1. The SMILES string of the molecule is Cc1nc(-c2ccc(C(=O)N3CCCC3C(=O)Nc3ccc(C)c(Cl)c3)cc2)no1. The average Bonchev–Trinajstić information content (AvgIpc) is 3.40. The Bertz CT molecular complexity index is 1090. The highest BCUT2D eigenvalue weighted by Gasteiger charge is 2.34. The first-order valence-electron chi connectivity index (χ1n) is 9.71. The molecule has 154 valence electrons. The van der Waals surface area contributed by atoms with E-state index in [0.717, 1.165) is 17.5 Å². The summed E-state index contributed by atoms with van der Waals surface area (Å²) in [5, 5.41) is 7.34. The van der Waals surface area contributed by atoms with Crippen molar-refractivity contribution in [1.29, 1.82) is 0 Å². The normalized spacial score (nSPS) is 16.0. The molecule has 7 nitrogen and oxygen atoms in total. The number of nitrogens with zero attached hydrogens (tertiary/aromatic N) is 3. The average molecular weight is 425 g/mol. The van der Waals surface area contributed by atoms with Crippen LogP contribution in [0.2, 0.25) is 5.02 Å². The molecule has 0 bridgehead atoms. The third kappa shape index (κ3) is 4.07. The fourth-order valence-electron chi connectivity index (χ4n) is 3.52. The van der Waals surface area contributed by atoms with Crippen LogP contribution in [0.4, 0.5) is 5.69 Å². The molecule has 2 aromatic carbocycles. The highest BCUT2D eigenvalue weighted by atomic mass is 35.5. The van der Waals surface area contributed by atoms with Gasteiger partial charge in [-0.3, -0.25) is 9.59 Å². The lowest BCUT2D eigenvalue weighted by molar-refractivity contribution is -0.119. The minimum Gasteiger partial charge on any atom is -0.339 e. The summed E-state index contributed by atoms with van der Waals surface area (Å²) in [6.07, 6.45) is 1.40. The second-order valence-corrected chi connectivity index (χ2v) is 7.73. The number of hydrogen-bond acceptors (Lipinski definition) is 5. The summed E-state index contributed by atoms with van der Waals surface area (Å²) in [6, 6.07) is 11.8. The van der Waals surface area contributed by atoms with Gasteiger partial charge in [0.2, 0.25) is 17.6 Å². The van der Waals surface area contributed by atoms with Crippen molar-refractivity contribution in [1.82, 2.24) is 15.0 Å². The lowest BCUT2D eigenvalue weighted by atomic mass is 10.1. The van der Waals surface area contributed by atoms with Gasteiger partial charge in [0, 0.05) is 35.3 Å². The number of rotatable bonds is 4. The Labute approximate surface area is 179 Å². The molecule has 1 saturated heterocycles. The summed E-state index contributed by atoms with van der Waals surface area (Å²) >= 11 is 6.14. The highest BCUT2D eigenvalue weighted by molar-refractivity contribution is 6.31. The van der Waals surface area contributed by atoms with E-state index in [9.17, 15) is 9.59 Å². The molecule has 8 heteroatoms. The molecule has 2 amide bonds. The van der Waals surface area contributed by atoms with Crippen molar-refractivity contribution in [2.45, 2.75) is 32.7 Å². The highest BCUT2D eigenvalue weighted by Crippen LogP contribution is 2.25. The molecule has 30 heavy (non-hydrogen) atoms. The molecule has 1 unspecified atom stereocenters. The van der Waals surface area contributed by atoms with E-state index in [4.69, 9.17) is 16.1 Å². The van der Waals surface area contributed by atoms with Crippen LogP contribution in [0, 0.1) is 13.8 Å². The van der Waals surface area contributed by atoms with E-state index in [2.05, 4.69) is 15.5 Å². The summed E-state index contributed by atoms with van der Waals surface area (Å²) in [6.45, 7) is 4.16. The number of aryl methyl sites for hydroxylation is 2. The molecule has 0 saturated carbocycles. The molecule has 1 aromatic heterocycles. The Kier molecular flexibility index (Phi) is 5.55. The van der Waals surface area contributed by atoms with Crippen LogP contribution >= 0.6 is 11.6 Å². The van der Waals surface area contributed by atoms with Gasteiger partial charge >= 0.3 is 0 Å². The maximum atomic E-state index is 13.0. The number of anilines is 1. The zero-order valence-corrected chi connectivity index (χ0v) is 17.4. The molecule has 1 aliphatic rings. The van der Waals surface area contributed by atoms with Crippen molar-refractivity contribution in [3.63, 3.8) is 0 Å². The van der Waals surface area contributed by atoms with Crippen LogP contribution < -0.4 is 5.32 Å². The van der Waals surface area contributed by atoms with E-state index >= 15 is 0 Å². The second kappa shape index (κ2) is 8.28. The van der Waals surface area contributed by atoms with E-state index in [1.54, 1.807) is 48.2 Å². The van der Waals surface area contributed by atoms with Gasteiger partial charge in [-0.05, 0) is 49.6 Å². The number of carbonyl (C=O) groups is 2. The van der Waals surface area contributed by atoms with Crippen LogP contribution in [-0.4, -0.2) is 39.4 Å². The first-order chi connectivity index (χ1) is 14.4. The van der Waals surface area contributed by atoms with Crippen molar-refractivity contribution in [2.24, 2.45) is 0 Å². The van der Waals surface area contributed by atoms with Crippen molar-refractivity contribution >= 4 is 29.1 Å². The Morgan fingerprint density at radius 2 is 1.93 bits per heavy atom. The summed E-state index contributed by atoms with van der Waals surface area (Å²) in [5.74, 6) is 0.567. The molecule has 0 spiro atoms. The molecule has 3 aromatic rings. The molecule has 0 aliphatic carbocycles. The minimum absolute atomic E-state index is 0.176. The lowest BCUT2D eigenvalue weighted by Gasteiger charge is -2.24. The zero-order chi connectivity index (χ0) is 21.3. The fourth-order valence-corrected chi connectivity index (χ4v) is 3.70. The number of carbonyl (C=O) groups excluding carboxylic acids is 2. The predicted molar refractivity (Wildman–Crippen MR) is 113 cm³/mol. The van der Waals surface area contributed by atoms with E-state index in [1.165, 1.54) is 0 Å². The largest absolute Gasteiger partial charge is 0.339 e. The van der Waals surface area contributed by atoms with Gasteiger partial charge < -0.3 is 14.7 Å². The van der Waals surface area contributed by atoms with E-state index in [0.29, 0.717) is 41.0 Å². The Balaban J connectivity index is 1.47. The van der Waals surface area contributed by atoms with Gasteiger partial charge in [0.25, 0.3) is 5.91 Å². The molecule has 1 N–H and O–H groups in total. The van der Waals surface area contributed by atoms with Crippen LogP contribution in [0.1, 0.15) is 34.7 Å². The van der Waals surface area contributed by atoms with Gasteiger partial charge in [-0.15, -0.1) is 0 Å². The van der Waals surface area contributed by atoms with Gasteiger partial charge in [-0.2, -0.15) is 4.98 Å². The number of nitrogens with one attached hydrogen (secondary N) is 1. The topological polar surface area (TPSA) is 88.3 Å². The smallest absolute Gasteiger partial charge is 0.254 e. The first-order valence-corrected chi connectivity index (χ1v) is 10.1. The van der Waals surface area contributed by atoms with Crippen molar-refractivity contribution in [3.05, 3.63) is 64.5 Å². The fraction of sp³-hybridized carbons (Fsp3) is 0.273. The minimum atomic E-state index is -0.517. The van der Waals surface area contributed by atoms with Crippen LogP contribution in [0.5, 0.6) is 0 Å². The predicted octanol–water partition coefficient (Wildman–Crippen LogP) is 4.25. The molecular weight excluding hydrogens is 404 g/mol. The summed E-state index contributed by atoms with van der Waals surface area (Å²) in [5.41, 5.74) is 2.83. The molecule has 1 aliphatic heterocycles. The van der Waals surface area contributed by atoms with Gasteiger partial charge in [-0.1, -0.05) is 35.0 Å². The molecule has 4 rings (SSSR count). The molecular formula is C22H21ClN4O3. The maximum Gasteiger partial charge on any atom is 0.254 e. The maximum absolute atomic E-state index is 13.0. The Morgan fingerprint density at radius 1 is 1.17 bits per heavy atom. The summed E-state index contributed by atoms with van der Waals surface area (Å²) in [4.78, 5) is 31.7. The van der Waals surface area contributed by atoms with Crippen LogP contribution in [-0.2, 0) is 4.79 Å². The van der Waals surface area contributed by atoms with Gasteiger partial charge in [0.15, 0.2) is 0 Å². The molecule has 0 radical (unpaired) electrons. The van der Waals surface area contributed by atoms with Crippen molar-refractivity contribution < 1.29 is 14.1 Å². The van der Waals surface area contributed by atoms with Gasteiger partial charge in [0.05, 0.1) is 0 Å². The molecule has 2 heterocycles. The number of halogens is 1. The molecule has 1 atom stereocenters. The van der Waals surface area contributed by atoms with Gasteiger partial charge in [0.1, 0.15) is 6.04 Å². The van der Waals surface area contributed by atoms with Crippen LogP contribution in [0.3, 0.4) is 0 Å². The van der Waals surface area contributed by atoms with Crippen LogP contribution in [0.15, 0.2) is 47.0 Å². The van der Waals surface area contributed by atoms with E-state index in [-0.39, 0.29) is 11.8 Å². The second-order valence-electron chi connectivity index (χ2n) is 7.32. The monoisotopic (exact) mass is 424 g/mol. The van der Waals surface area contributed by atoms with Gasteiger partial charge in [-0.25, -0.2) is 0 Å². The van der Waals surface area contributed by atoms with E-state index < -0.39 is 6.04 Å². The standard InChI is InChI=1S/C22H21ClN4O3/c1-13-5-10-17(12-18(13)23)25-21(28)19-4-3-11-27(19)22(29)16-8-6-15(7-9-16)20-24-14(2)30-26-20/h5-10,12,19H,3-4,11H2,1-2H3,(H,25,28). The number of aromatic nitrogens is 2. The van der Waals surface area contributed by atoms with Crippen molar-refractivity contribution in [2.75, 3.05) is 11.9 Å². The Hall–Kier alpha value is -3.19. The number of benzene rings is 2. The third-order valence-electron chi connectivity index (χ3n) is 5.17. The number of amides is 2.